The molecule has 0 spiro atoms. The number of carbonyl (C=O) groups is 2. The molecule has 2 amide bonds. The number of nitrogens with zero attached hydrogens (tertiary/aromatic N) is 2. The second kappa shape index (κ2) is 10.4. The van der Waals surface area contributed by atoms with Crippen LogP contribution in [0.15, 0.2) is 42.7 Å². The Balaban J connectivity index is 1.63. The first-order valence-corrected chi connectivity index (χ1v) is 11.5. The van der Waals surface area contributed by atoms with E-state index < -0.39 is 58.5 Å². The van der Waals surface area contributed by atoms with Crippen molar-refractivity contribution in [1.29, 1.82) is 0 Å². The van der Waals surface area contributed by atoms with Gasteiger partial charge in [0.25, 0.3) is 5.91 Å². The standard InChI is InChI=1S/C25H25F3N6O3/c1-11-7-12(8-17(29)21(11)34-25(36)37)13-5-6-31-10-19(13)32-24(35)23-18(30)9-16(28)22(33-23)20-14(26)3-2-4-15(20)27/h2-6,9-12,17,21,34H,7-8,29-30H2,1H3,(H,32,35)(H,36,37)/t11-,12+,17+,21-/m0/s1. The Hall–Kier alpha value is -4.19. The van der Waals surface area contributed by atoms with Crippen molar-refractivity contribution in [3.05, 3.63) is 71.4 Å². The van der Waals surface area contributed by atoms with Crippen LogP contribution in [0.3, 0.4) is 0 Å². The highest BCUT2D eigenvalue weighted by Gasteiger charge is 2.36. The number of anilines is 2. The van der Waals surface area contributed by atoms with Crippen LogP contribution in [0.5, 0.6) is 0 Å². The number of amides is 2. The lowest BCUT2D eigenvalue weighted by Gasteiger charge is -2.39. The van der Waals surface area contributed by atoms with Gasteiger partial charge in [0.2, 0.25) is 0 Å². The van der Waals surface area contributed by atoms with E-state index in [9.17, 15) is 22.8 Å². The molecular weight excluding hydrogens is 489 g/mol. The third-order valence-corrected chi connectivity index (χ3v) is 6.54. The second-order valence-electron chi connectivity index (χ2n) is 9.06. The first-order valence-electron chi connectivity index (χ1n) is 11.5. The minimum Gasteiger partial charge on any atom is -0.465 e. The average Bonchev–Trinajstić information content (AvgIpc) is 2.82. The number of nitrogens with two attached hydrogens (primary N) is 2. The van der Waals surface area contributed by atoms with Gasteiger partial charge in [-0.15, -0.1) is 0 Å². The summed E-state index contributed by atoms with van der Waals surface area (Å²) in [7, 11) is 0. The number of aromatic nitrogens is 2. The van der Waals surface area contributed by atoms with Crippen LogP contribution in [0.4, 0.5) is 29.3 Å². The highest BCUT2D eigenvalue weighted by atomic mass is 19.1. The van der Waals surface area contributed by atoms with Crippen LogP contribution in [0.1, 0.15) is 41.7 Å². The topological polar surface area (TPSA) is 156 Å². The summed E-state index contributed by atoms with van der Waals surface area (Å²) in [5, 5.41) is 14.2. The molecule has 0 saturated heterocycles. The van der Waals surface area contributed by atoms with E-state index in [1.807, 2.05) is 6.92 Å². The molecule has 7 N–H and O–H groups in total. The van der Waals surface area contributed by atoms with Crippen LogP contribution in [-0.2, 0) is 0 Å². The van der Waals surface area contributed by atoms with E-state index >= 15 is 0 Å². The molecule has 0 bridgehead atoms. The van der Waals surface area contributed by atoms with Gasteiger partial charge in [-0.25, -0.2) is 22.9 Å². The summed E-state index contributed by atoms with van der Waals surface area (Å²) in [6.07, 6.45) is 2.84. The van der Waals surface area contributed by atoms with Crippen molar-refractivity contribution in [2.24, 2.45) is 11.7 Å². The van der Waals surface area contributed by atoms with E-state index in [0.717, 1.165) is 24.3 Å². The summed E-state index contributed by atoms with van der Waals surface area (Å²) >= 11 is 0. The van der Waals surface area contributed by atoms with Crippen molar-refractivity contribution in [2.75, 3.05) is 11.1 Å². The number of benzene rings is 1. The number of rotatable bonds is 5. The Morgan fingerprint density at radius 1 is 1.11 bits per heavy atom. The molecule has 1 aromatic carbocycles. The van der Waals surface area contributed by atoms with Crippen LogP contribution in [0.2, 0.25) is 0 Å². The highest BCUT2D eigenvalue weighted by Crippen LogP contribution is 2.39. The first-order chi connectivity index (χ1) is 17.6. The van der Waals surface area contributed by atoms with Crippen molar-refractivity contribution in [3.63, 3.8) is 0 Å². The molecule has 4 rings (SSSR count). The maximum Gasteiger partial charge on any atom is 0.404 e. The van der Waals surface area contributed by atoms with E-state index in [0.29, 0.717) is 24.1 Å². The van der Waals surface area contributed by atoms with Gasteiger partial charge in [-0.3, -0.25) is 9.78 Å². The van der Waals surface area contributed by atoms with E-state index in [1.54, 1.807) is 12.3 Å². The summed E-state index contributed by atoms with van der Waals surface area (Å²) in [5.74, 6) is -4.23. The fourth-order valence-corrected chi connectivity index (χ4v) is 4.87. The van der Waals surface area contributed by atoms with Gasteiger partial charge in [0.15, 0.2) is 11.5 Å². The molecule has 12 heteroatoms. The average molecular weight is 515 g/mol. The van der Waals surface area contributed by atoms with Gasteiger partial charge < -0.3 is 27.2 Å². The Kier molecular flexibility index (Phi) is 7.30. The summed E-state index contributed by atoms with van der Waals surface area (Å²) in [4.78, 5) is 32.2. The van der Waals surface area contributed by atoms with Crippen molar-refractivity contribution in [2.45, 2.75) is 37.8 Å². The van der Waals surface area contributed by atoms with Gasteiger partial charge >= 0.3 is 6.09 Å². The monoisotopic (exact) mass is 514 g/mol. The smallest absolute Gasteiger partial charge is 0.404 e. The lowest BCUT2D eigenvalue weighted by Crippen LogP contribution is -2.54. The predicted molar refractivity (Wildman–Crippen MR) is 130 cm³/mol. The van der Waals surface area contributed by atoms with Gasteiger partial charge in [-0.1, -0.05) is 13.0 Å². The molecule has 1 saturated carbocycles. The molecule has 9 nitrogen and oxygen atoms in total. The van der Waals surface area contributed by atoms with Crippen molar-refractivity contribution in [1.82, 2.24) is 15.3 Å². The van der Waals surface area contributed by atoms with Gasteiger partial charge in [-0.2, -0.15) is 0 Å². The van der Waals surface area contributed by atoms with Gasteiger partial charge in [-0.05, 0) is 48.4 Å². The lowest BCUT2D eigenvalue weighted by atomic mass is 9.73. The second-order valence-corrected chi connectivity index (χ2v) is 9.06. The number of nitrogen functional groups attached to an aromatic ring is 1. The van der Waals surface area contributed by atoms with Gasteiger partial charge in [0.1, 0.15) is 17.3 Å². The van der Waals surface area contributed by atoms with Crippen LogP contribution in [-0.4, -0.2) is 39.2 Å². The number of carbonyl (C=O) groups excluding carboxylic acids is 1. The summed E-state index contributed by atoms with van der Waals surface area (Å²) in [6.45, 7) is 1.89. The van der Waals surface area contributed by atoms with Crippen molar-refractivity contribution >= 4 is 23.4 Å². The molecule has 1 fully saturated rings. The minimum absolute atomic E-state index is 0.0887. The SMILES string of the molecule is C[C@H]1C[C@@H](c2ccncc2NC(=O)c2nc(-c3c(F)cccc3F)c(F)cc2N)C[C@@H](N)[C@H]1NC(=O)O. The van der Waals surface area contributed by atoms with Gasteiger partial charge in [0.05, 0.1) is 23.1 Å². The third kappa shape index (κ3) is 5.33. The molecule has 4 atom stereocenters. The molecule has 37 heavy (non-hydrogen) atoms. The summed E-state index contributed by atoms with van der Waals surface area (Å²) < 4.78 is 43.1. The Bertz CT molecular complexity index is 1320. The largest absolute Gasteiger partial charge is 0.465 e. The Morgan fingerprint density at radius 2 is 1.81 bits per heavy atom. The van der Waals surface area contributed by atoms with Crippen LogP contribution < -0.4 is 22.1 Å². The fraction of sp³-hybridized carbons (Fsp3) is 0.280. The molecule has 3 aromatic rings. The van der Waals surface area contributed by atoms with Crippen LogP contribution in [0, 0.1) is 23.4 Å². The summed E-state index contributed by atoms with van der Waals surface area (Å²) in [5.41, 5.74) is 11.0. The normalized spacial score (nSPS) is 21.3. The van der Waals surface area contributed by atoms with Crippen molar-refractivity contribution in [3.8, 4) is 11.3 Å². The number of hydrogen-bond acceptors (Lipinski definition) is 6. The lowest BCUT2D eigenvalue weighted by molar-refractivity contribution is 0.102. The van der Waals surface area contributed by atoms with Crippen LogP contribution >= 0.6 is 0 Å². The van der Waals surface area contributed by atoms with Crippen molar-refractivity contribution < 1.29 is 27.9 Å². The molecule has 2 heterocycles. The fourth-order valence-electron chi connectivity index (χ4n) is 4.87. The quantitative estimate of drug-likeness (QED) is 0.346. The Labute approximate surface area is 210 Å². The predicted octanol–water partition coefficient (Wildman–Crippen LogP) is 3.87. The first kappa shape index (κ1) is 25.9. The maximum atomic E-state index is 14.6. The number of nitrogens with one attached hydrogen (secondary N) is 2. The molecule has 0 aliphatic heterocycles. The Morgan fingerprint density at radius 3 is 2.46 bits per heavy atom. The number of halogens is 3. The molecule has 194 valence electrons. The van der Waals surface area contributed by atoms with E-state index in [-0.39, 0.29) is 17.5 Å². The number of carboxylic acid groups (broad SMARTS) is 1. The van der Waals surface area contributed by atoms with Crippen LogP contribution in [0.25, 0.3) is 11.3 Å². The van der Waals surface area contributed by atoms with Gasteiger partial charge in [0, 0.05) is 24.3 Å². The van der Waals surface area contributed by atoms with E-state index in [2.05, 4.69) is 20.6 Å². The molecule has 1 aliphatic carbocycles. The third-order valence-electron chi connectivity index (χ3n) is 6.54. The molecule has 2 aromatic heterocycles. The zero-order valence-electron chi connectivity index (χ0n) is 19.7. The highest BCUT2D eigenvalue weighted by molar-refractivity contribution is 6.07. The number of pyridine rings is 2. The van der Waals surface area contributed by atoms with E-state index in [1.165, 1.54) is 6.20 Å². The molecule has 1 aliphatic rings. The zero-order chi connectivity index (χ0) is 26.9. The molecule has 0 radical (unpaired) electrons. The van der Waals surface area contributed by atoms with E-state index in [4.69, 9.17) is 16.6 Å². The molecular formula is C25H25F3N6O3. The maximum absolute atomic E-state index is 14.6. The summed E-state index contributed by atoms with van der Waals surface area (Å²) in [6, 6.07) is 4.63. The molecule has 0 unspecified atom stereocenters. The minimum atomic E-state index is -1.15. The zero-order valence-corrected chi connectivity index (χ0v) is 19.7. The number of hydrogen-bond donors (Lipinski definition) is 5.